The highest BCUT2D eigenvalue weighted by atomic mass is 16.1. The molecule has 1 amide bonds. The minimum atomic E-state index is -0.0960. The van der Waals surface area contributed by atoms with Crippen LogP contribution in [-0.2, 0) is 12.0 Å². The fourth-order valence-corrected chi connectivity index (χ4v) is 2.82. The average molecular weight is 347 g/mol. The number of benzene rings is 2. The van der Waals surface area contributed by atoms with E-state index in [0.717, 1.165) is 33.4 Å². The topological polar surface area (TPSA) is 68.0 Å². The first kappa shape index (κ1) is 17.9. The number of carbonyl (C=O) groups is 1. The molecule has 26 heavy (non-hydrogen) atoms. The normalized spacial score (nSPS) is 11.5. The Morgan fingerprint density at radius 1 is 1.08 bits per heavy atom. The highest BCUT2D eigenvalue weighted by molar-refractivity contribution is 5.97. The minimum absolute atomic E-state index is 0.00143. The smallest absolute Gasteiger partial charge is 0.251 e. The van der Waals surface area contributed by atoms with Crippen molar-refractivity contribution < 1.29 is 4.79 Å². The van der Waals surface area contributed by atoms with Crippen LogP contribution in [0, 0.1) is 6.92 Å². The maximum atomic E-state index is 12.5. The van der Waals surface area contributed by atoms with Crippen molar-refractivity contribution >= 4 is 22.5 Å². The zero-order chi connectivity index (χ0) is 18.9. The number of amides is 1. The van der Waals surface area contributed by atoms with Crippen LogP contribution in [0.25, 0.3) is 10.9 Å². The summed E-state index contributed by atoms with van der Waals surface area (Å²) in [5.41, 5.74) is 11.2. The number of aromatic nitrogens is 1. The molecule has 4 heteroatoms. The number of aryl methyl sites for hydroxylation is 1. The molecule has 0 aliphatic carbocycles. The minimum Gasteiger partial charge on any atom is -0.399 e. The summed E-state index contributed by atoms with van der Waals surface area (Å²) in [4.78, 5) is 17.2. The van der Waals surface area contributed by atoms with E-state index >= 15 is 0 Å². The lowest BCUT2D eigenvalue weighted by Gasteiger charge is -2.18. The summed E-state index contributed by atoms with van der Waals surface area (Å²) < 4.78 is 0. The largest absolute Gasteiger partial charge is 0.399 e. The lowest BCUT2D eigenvalue weighted by molar-refractivity contribution is 0.0951. The second-order valence-corrected chi connectivity index (χ2v) is 7.73. The van der Waals surface area contributed by atoms with Gasteiger partial charge in [0, 0.05) is 34.3 Å². The molecular weight excluding hydrogens is 322 g/mol. The third kappa shape index (κ3) is 3.85. The van der Waals surface area contributed by atoms with E-state index in [1.807, 2.05) is 55.5 Å². The molecule has 0 saturated carbocycles. The molecule has 134 valence electrons. The number of anilines is 1. The molecule has 3 N–H and O–H groups in total. The number of nitrogens with two attached hydrogens (primary N) is 1. The Hall–Kier alpha value is -2.88. The molecule has 3 rings (SSSR count). The molecule has 1 heterocycles. The Morgan fingerprint density at radius 2 is 1.85 bits per heavy atom. The van der Waals surface area contributed by atoms with Gasteiger partial charge in [-0.15, -0.1) is 0 Å². The Bertz CT molecular complexity index is 971. The molecule has 0 bridgehead atoms. The SMILES string of the molecule is Cc1cc(CNC(=O)c2ccc3nc(C(C)(C)C)ccc3c2)ccc1N. The van der Waals surface area contributed by atoms with Crippen molar-refractivity contribution in [2.45, 2.75) is 39.7 Å². The molecule has 0 spiro atoms. The number of hydrogen-bond donors (Lipinski definition) is 2. The maximum Gasteiger partial charge on any atom is 0.251 e. The van der Waals surface area contributed by atoms with Gasteiger partial charge in [-0.25, -0.2) is 0 Å². The van der Waals surface area contributed by atoms with Crippen LogP contribution in [0.3, 0.4) is 0 Å². The number of nitrogen functional groups attached to an aromatic ring is 1. The second kappa shape index (κ2) is 6.79. The van der Waals surface area contributed by atoms with E-state index in [0.29, 0.717) is 12.1 Å². The van der Waals surface area contributed by atoms with E-state index < -0.39 is 0 Å². The summed E-state index contributed by atoms with van der Waals surface area (Å²) in [5.74, 6) is -0.0960. The van der Waals surface area contributed by atoms with Crippen molar-refractivity contribution in [1.29, 1.82) is 0 Å². The van der Waals surface area contributed by atoms with Gasteiger partial charge >= 0.3 is 0 Å². The molecule has 2 aromatic carbocycles. The van der Waals surface area contributed by atoms with E-state index in [1.54, 1.807) is 0 Å². The fourth-order valence-electron chi connectivity index (χ4n) is 2.82. The van der Waals surface area contributed by atoms with E-state index in [2.05, 4.69) is 26.1 Å². The monoisotopic (exact) mass is 347 g/mol. The number of fused-ring (bicyclic) bond motifs is 1. The van der Waals surface area contributed by atoms with Crippen molar-refractivity contribution in [2.75, 3.05) is 5.73 Å². The standard InChI is InChI=1S/C22H25N3O/c1-14-11-15(5-8-18(14)23)13-24-21(26)17-6-9-19-16(12-17)7-10-20(25-19)22(2,3)4/h5-12H,13,23H2,1-4H3,(H,24,26). The van der Waals surface area contributed by atoms with Gasteiger partial charge in [-0.1, -0.05) is 39.0 Å². The van der Waals surface area contributed by atoms with Gasteiger partial charge in [0.1, 0.15) is 0 Å². The van der Waals surface area contributed by atoms with Crippen molar-refractivity contribution in [3.63, 3.8) is 0 Å². The first-order valence-corrected chi connectivity index (χ1v) is 8.78. The summed E-state index contributed by atoms with van der Waals surface area (Å²) in [6.07, 6.45) is 0. The Balaban J connectivity index is 1.76. The van der Waals surface area contributed by atoms with Crippen LogP contribution in [0.15, 0.2) is 48.5 Å². The predicted molar refractivity (Wildman–Crippen MR) is 107 cm³/mol. The van der Waals surface area contributed by atoms with Gasteiger partial charge < -0.3 is 11.1 Å². The predicted octanol–water partition coefficient (Wildman–Crippen LogP) is 4.35. The average Bonchev–Trinajstić information content (AvgIpc) is 2.60. The van der Waals surface area contributed by atoms with E-state index in [4.69, 9.17) is 10.7 Å². The lowest BCUT2D eigenvalue weighted by atomic mass is 9.91. The zero-order valence-corrected chi connectivity index (χ0v) is 15.8. The second-order valence-electron chi connectivity index (χ2n) is 7.73. The van der Waals surface area contributed by atoms with Crippen LogP contribution in [0.1, 0.15) is 48.0 Å². The van der Waals surface area contributed by atoms with Crippen LogP contribution < -0.4 is 11.1 Å². The quantitative estimate of drug-likeness (QED) is 0.692. The van der Waals surface area contributed by atoms with E-state index in [9.17, 15) is 4.79 Å². The molecule has 1 aromatic heterocycles. The maximum absolute atomic E-state index is 12.5. The third-order valence-electron chi connectivity index (χ3n) is 4.51. The van der Waals surface area contributed by atoms with Gasteiger partial charge in [0.05, 0.1) is 5.52 Å². The summed E-state index contributed by atoms with van der Waals surface area (Å²) in [6.45, 7) is 8.85. The molecule has 0 aliphatic rings. The van der Waals surface area contributed by atoms with Gasteiger partial charge in [0.25, 0.3) is 5.91 Å². The summed E-state index contributed by atoms with van der Waals surface area (Å²) >= 11 is 0. The molecule has 0 atom stereocenters. The number of carbonyl (C=O) groups excluding carboxylic acids is 1. The van der Waals surface area contributed by atoms with Crippen LogP contribution in [-0.4, -0.2) is 10.9 Å². The van der Waals surface area contributed by atoms with Crippen LogP contribution in [0.2, 0.25) is 0 Å². The number of rotatable bonds is 3. The number of pyridine rings is 1. The molecule has 0 fully saturated rings. The Kier molecular flexibility index (Phi) is 4.68. The van der Waals surface area contributed by atoms with E-state index in [1.165, 1.54) is 0 Å². The summed E-state index contributed by atoms with van der Waals surface area (Å²) in [5, 5.41) is 3.93. The molecule has 4 nitrogen and oxygen atoms in total. The number of nitrogens with one attached hydrogen (secondary N) is 1. The summed E-state index contributed by atoms with van der Waals surface area (Å²) in [6, 6.07) is 15.5. The molecule has 0 unspecified atom stereocenters. The zero-order valence-electron chi connectivity index (χ0n) is 15.8. The highest BCUT2D eigenvalue weighted by Gasteiger charge is 2.16. The number of hydrogen-bond acceptors (Lipinski definition) is 3. The first-order chi connectivity index (χ1) is 12.2. The van der Waals surface area contributed by atoms with Crippen molar-refractivity contribution in [3.05, 3.63) is 70.9 Å². The van der Waals surface area contributed by atoms with Crippen LogP contribution >= 0.6 is 0 Å². The van der Waals surface area contributed by atoms with Gasteiger partial charge in [-0.3, -0.25) is 9.78 Å². The first-order valence-electron chi connectivity index (χ1n) is 8.78. The molecule has 0 aliphatic heterocycles. The Labute approximate surface area is 154 Å². The van der Waals surface area contributed by atoms with Crippen molar-refractivity contribution in [1.82, 2.24) is 10.3 Å². The van der Waals surface area contributed by atoms with Gasteiger partial charge in [-0.05, 0) is 48.4 Å². The number of nitrogens with zero attached hydrogens (tertiary/aromatic N) is 1. The van der Waals surface area contributed by atoms with Gasteiger partial charge in [-0.2, -0.15) is 0 Å². The van der Waals surface area contributed by atoms with Gasteiger partial charge in [0.15, 0.2) is 0 Å². The summed E-state index contributed by atoms with van der Waals surface area (Å²) in [7, 11) is 0. The van der Waals surface area contributed by atoms with Crippen molar-refractivity contribution in [3.8, 4) is 0 Å². The van der Waals surface area contributed by atoms with Crippen molar-refractivity contribution in [2.24, 2.45) is 0 Å². The molecule has 0 radical (unpaired) electrons. The molecule has 0 saturated heterocycles. The lowest BCUT2D eigenvalue weighted by Crippen LogP contribution is -2.22. The molecule has 3 aromatic rings. The van der Waals surface area contributed by atoms with Gasteiger partial charge in [0.2, 0.25) is 0 Å². The van der Waals surface area contributed by atoms with Crippen LogP contribution in [0.5, 0.6) is 0 Å². The van der Waals surface area contributed by atoms with E-state index in [-0.39, 0.29) is 11.3 Å². The Morgan fingerprint density at radius 3 is 2.54 bits per heavy atom. The molecular formula is C22H25N3O. The third-order valence-corrected chi connectivity index (χ3v) is 4.51. The fraction of sp³-hybridized carbons (Fsp3) is 0.273. The highest BCUT2D eigenvalue weighted by Crippen LogP contribution is 2.23. The van der Waals surface area contributed by atoms with Crippen LogP contribution in [0.4, 0.5) is 5.69 Å².